The number of ether oxygens (including phenoxy) is 1. The molecule has 1 aliphatic heterocycles. The molecule has 0 radical (unpaired) electrons. The van der Waals surface area contributed by atoms with Crippen LogP contribution < -0.4 is 5.73 Å². The summed E-state index contributed by atoms with van der Waals surface area (Å²) < 4.78 is 5.12. The summed E-state index contributed by atoms with van der Waals surface area (Å²) in [5.74, 6) is 0. The molecule has 14 heavy (non-hydrogen) atoms. The van der Waals surface area contributed by atoms with Gasteiger partial charge < -0.3 is 15.6 Å². The number of hydrogen-bond acceptors (Lipinski definition) is 3. The van der Waals surface area contributed by atoms with Gasteiger partial charge in [0.25, 0.3) is 0 Å². The fourth-order valence-electron chi connectivity index (χ4n) is 1.66. The Kier molecular flexibility index (Phi) is 2.21. The van der Waals surface area contributed by atoms with Crippen molar-refractivity contribution in [1.82, 2.24) is 0 Å². The molecular weight excluding hydrogens is 178 g/mol. The third-order valence-electron chi connectivity index (χ3n) is 2.78. The van der Waals surface area contributed by atoms with Crippen molar-refractivity contribution in [2.75, 3.05) is 18.9 Å². The standard InChI is InChI=1S/C11H15NO2/c1-11(6-14-7-11)10(13)8-2-4-9(12)5-3-8/h2-5,10,13H,6-7,12H2,1H3. The Bertz CT molecular complexity index is 317. The molecule has 1 saturated heterocycles. The van der Waals surface area contributed by atoms with Crippen LogP contribution in [0.1, 0.15) is 18.6 Å². The third kappa shape index (κ3) is 1.49. The first-order chi connectivity index (χ1) is 6.62. The number of nitrogen functional groups attached to an aromatic ring is 1. The maximum absolute atomic E-state index is 10.1. The lowest BCUT2D eigenvalue weighted by molar-refractivity contribution is -0.163. The van der Waals surface area contributed by atoms with Gasteiger partial charge in [0, 0.05) is 11.1 Å². The van der Waals surface area contributed by atoms with Gasteiger partial charge in [-0.3, -0.25) is 0 Å². The zero-order valence-corrected chi connectivity index (χ0v) is 8.23. The quantitative estimate of drug-likeness (QED) is 0.697. The molecule has 1 aromatic rings. The van der Waals surface area contributed by atoms with Crippen LogP contribution in [0.5, 0.6) is 0 Å². The minimum Gasteiger partial charge on any atom is -0.399 e. The number of benzene rings is 1. The average molecular weight is 193 g/mol. The highest BCUT2D eigenvalue weighted by molar-refractivity contribution is 5.40. The summed E-state index contributed by atoms with van der Waals surface area (Å²) in [4.78, 5) is 0. The van der Waals surface area contributed by atoms with Gasteiger partial charge in [-0.1, -0.05) is 19.1 Å². The van der Waals surface area contributed by atoms with Gasteiger partial charge in [-0.25, -0.2) is 0 Å². The van der Waals surface area contributed by atoms with E-state index in [4.69, 9.17) is 10.5 Å². The fourth-order valence-corrected chi connectivity index (χ4v) is 1.66. The molecule has 1 unspecified atom stereocenters. The Balaban J connectivity index is 2.18. The third-order valence-corrected chi connectivity index (χ3v) is 2.78. The first-order valence-electron chi connectivity index (χ1n) is 4.73. The second-order valence-corrected chi connectivity index (χ2v) is 4.22. The first kappa shape index (κ1) is 9.49. The number of anilines is 1. The molecule has 3 N–H and O–H groups in total. The largest absolute Gasteiger partial charge is 0.399 e. The first-order valence-corrected chi connectivity index (χ1v) is 4.73. The Labute approximate surface area is 83.5 Å². The second-order valence-electron chi connectivity index (χ2n) is 4.22. The van der Waals surface area contributed by atoms with Crippen molar-refractivity contribution in [2.24, 2.45) is 5.41 Å². The van der Waals surface area contributed by atoms with Crippen LogP contribution in [0.3, 0.4) is 0 Å². The van der Waals surface area contributed by atoms with Crippen LogP contribution >= 0.6 is 0 Å². The van der Waals surface area contributed by atoms with E-state index in [1.165, 1.54) is 0 Å². The molecule has 0 aliphatic carbocycles. The van der Waals surface area contributed by atoms with E-state index in [1.54, 1.807) is 12.1 Å². The van der Waals surface area contributed by atoms with Crippen molar-refractivity contribution in [2.45, 2.75) is 13.0 Å². The Hall–Kier alpha value is -1.06. The van der Waals surface area contributed by atoms with E-state index in [-0.39, 0.29) is 5.41 Å². The highest BCUT2D eigenvalue weighted by Crippen LogP contribution is 2.39. The van der Waals surface area contributed by atoms with Gasteiger partial charge in [0.2, 0.25) is 0 Å². The fraction of sp³-hybridized carbons (Fsp3) is 0.455. The van der Waals surface area contributed by atoms with Gasteiger partial charge in [-0.15, -0.1) is 0 Å². The molecule has 0 bridgehead atoms. The molecule has 1 heterocycles. The van der Waals surface area contributed by atoms with Crippen molar-refractivity contribution in [3.8, 4) is 0 Å². The minimum atomic E-state index is -0.461. The van der Waals surface area contributed by atoms with E-state index >= 15 is 0 Å². The number of nitrogens with two attached hydrogens (primary N) is 1. The second kappa shape index (κ2) is 3.26. The maximum Gasteiger partial charge on any atom is 0.0887 e. The van der Waals surface area contributed by atoms with Gasteiger partial charge in [0.05, 0.1) is 19.3 Å². The summed E-state index contributed by atoms with van der Waals surface area (Å²) >= 11 is 0. The molecule has 2 rings (SSSR count). The molecule has 0 aromatic heterocycles. The highest BCUT2D eigenvalue weighted by atomic mass is 16.5. The predicted molar refractivity (Wildman–Crippen MR) is 54.7 cm³/mol. The molecule has 1 fully saturated rings. The number of rotatable bonds is 2. The van der Waals surface area contributed by atoms with E-state index in [0.717, 1.165) is 11.3 Å². The summed E-state index contributed by atoms with van der Waals surface area (Å²) in [6.07, 6.45) is -0.461. The van der Waals surface area contributed by atoms with Crippen molar-refractivity contribution in [1.29, 1.82) is 0 Å². The zero-order chi connectivity index (χ0) is 10.2. The molecular formula is C11H15NO2. The highest BCUT2D eigenvalue weighted by Gasteiger charge is 2.41. The topological polar surface area (TPSA) is 55.5 Å². The van der Waals surface area contributed by atoms with Gasteiger partial charge in [0.1, 0.15) is 0 Å². The Morgan fingerprint density at radius 1 is 1.36 bits per heavy atom. The van der Waals surface area contributed by atoms with Gasteiger partial charge in [-0.2, -0.15) is 0 Å². The van der Waals surface area contributed by atoms with E-state index in [0.29, 0.717) is 13.2 Å². The molecule has 1 aromatic carbocycles. The summed E-state index contributed by atoms with van der Waals surface area (Å²) in [7, 11) is 0. The SMILES string of the molecule is CC1(C(O)c2ccc(N)cc2)COC1. The zero-order valence-electron chi connectivity index (χ0n) is 8.23. The normalized spacial score (nSPS) is 21.3. The lowest BCUT2D eigenvalue weighted by Gasteiger charge is -2.42. The van der Waals surface area contributed by atoms with Crippen LogP contribution in [0.25, 0.3) is 0 Å². The van der Waals surface area contributed by atoms with Crippen LogP contribution in [0, 0.1) is 5.41 Å². The molecule has 1 atom stereocenters. The van der Waals surface area contributed by atoms with Gasteiger partial charge >= 0.3 is 0 Å². The van der Waals surface area contributed by atoms with Gasteiger partial charge in [0.15, 0.2) is 0 Å². The number of aliphatic hydroxyl groups excluding tert-OH is 1. The summed E-state index contributed by atoms with van der Waals surface area (Å²) in [5.41, 5.74) is 7.07. The van der Waals surface area contributed by atoms with Crippen molar-refractivity contribution >= 4 is 5.69 Å². The summed E-state index contributed by atoms with van der Waals surface area (Å²) in [5, 5.41) is 10.1. The molecule has 76 valence electrons. The summed E-state index contributed by atoms with van der Waals surface area (Å²) in [6, 6.07) is 7.34. The van der Waals surface area contributed by atoms with Crippen LogP contribution in [0.4, 0.5) is 5.69 Å². The van der Waals surface area contributed by atoms with E-state index in [1.807, 2.05) is 19.1 Å². The minimum absolute atomic E-state index is 0.129. The van der Waals surface area contributed by atoms with Crippen molar-refractivity contribution in [3.05, 3.63) is 29.8 Å². The maximum atomic E-state index is 10.1. The van der Waals surface area contributed by atoms with Crippen LogP contribution in [-0.2, 0) is 4.74 Å². The molecule has 1 aliphatic rings. The molecule has 0 saturated carbocycles. The molecule has 3 heteroatoms. The van der Waals surface area contributed by atoms with Crippen LogP contribution in [0.15, 0.2) is 24.3 Å². The van der Waals surface area contributed by atoms with Crippen molar-refractivity contribution in [3.63, 3.8) is 0 Å². The van der Waals surface area contributed by atoms with Crippen molar-refractivity contribution < 1.29 is 9.84 Å². The number of aliphatic hydroxyl groups is 1. The Morgan fingerprint density at radius 3 is 2.36 bits per heavy atom. The predicted octanol–water partition coefficient (Wildman–Crippen LogP) is 1.34. The van der Waals surface area contributed by atoms with Gasteiger partial charge in [-0.05, 0) is 17.7 Å². The van der Waals surface area contributed by atoms with E-state index in [9.17, 15) is 5.11 Å². The lowest BCUT2D eigenvalue weighted by atomic mass is 9.79. The lowest BCUT2D eigenvalue weighted by Crippen LogP contribution is -2.44. The number of hydrogen-bond donors (Lipinski definition) is 2. The van der Waals surface area contributed by atoms with Crippen LogP contribution in [0.2, 0.25) is 0 Å². The van der Waals surface area contributed by atoms with E-state index in [2.05, 4.69) is 0 Å². The summed E-state index contributed by atoms with van der Waals surface area (Å²) in [6.45, 7) is 3.27. The smallest absolute Gasteiger partial charge is 0.0887 e. The molecule has 0 amide bonds. The average Bonchev–Trinajstić information content (AvgIpc) is 2.14. The van der Waals surface area contributed by atoms with Crippen LogP contribution in [-0.4, -0.2) is 18.3 Å². The monoisotopic (exact) mass is 193 g/mol. The molecule has 3 nitrogen and oxygen atoms in total. The van der Waals surface area contributed by atoms with E-state index < -0.39 is 6.10 Å². The molecule has 0 spiro atoms. The Morgan fingerprint density at radius 2 is 1.93 bits per heavy atom.